The van der Waals surface area contributed by atoms with Crippen LogP contribution in [0.2, 0.25) is 0 Å². The Morgan fingerprint density at radius 2 is 1.67 bits per heavy atom. The number of ether oxygens (including phenoxy) is 1. The third-order valence-corrected chi connectivity index (χ3v) is 9.16. The average Bonchev–Trinajstić information content (AvgIpc) is 2.75. The molecule has 1 aromatic carbocycles. The summed E-state index contributed by atoms with van der Waals surface area (Å²) >= 11 is 3.49. The summed E-state index contributed by atoms with van der Waals surface area (Å²) in [7, 11) is 0. The largest absolute Gasteiger partial charge is 0.506 e. The van der Waals surface area contributed by atoms with Crippen molar-refractivity contribution in [2.75, 3.05) is 31.1 Å². The Kier molecular flexibility index (Phi) is 5.88. The fourth-order valence-electron chi connectivity index (χ4n) is 7.14. The number of carboxylic acid groups (broad SMARTS) is 1. The topological polar surface area (TPSA) is 82.1 Å². The molecule has 0 spiro atoms. The van der Waals surface area contributed by atoms with Gasteiger partial charge >= 0.3 is 6.16 Å². The van der Waals surface area contributed by atoms with E-state index in [9.17, 15) is 14.7 Å². The Labute approximate surface area is 204 Å². The fraction of sp³-hybridized carbons (Fsp3) is 0.680. The van der Waals surface area contributed by atoms with Crippen LogP contribution in [0.3, 0.4) is 0 Å². The Balaban J connectivity index is 1.20. The van der Waals surface area contributed by atoms with Gasteiger partial charge in [-0.25, -0.2) is 4.79 Å². The monoisotopic (exact) mass is 519 g/mol. The zero-order valence-electron chi connectivity index (χ0n) is 19.4. The molecule has 0 radical (unpaired) electrons. The molecule has 4 bridgehead atoms. The molecule has 4 aliphatic carbocycles. The molecule has 2 unspecified atom stereocenters. The molecule has 0 aromatic heterocycles. The number of halogens is 1. The van der Waals surface area contributed by atoms with E-state index < -0.39 is 17.3 Å². The predicted octanol–water partition coefficient (Wildman–Crippen LogP) is 4.11. The number of carbonyl (C=O) groups is 2. The number of amides is 1. The molecule has 1 aromatic rings. The van der Waals surface area contributed by atoms with Crippen LogP contribution >= 0.6 is 15.9 Å². The Morgan fingerprint density at radius 1 is 1.06 bits per heavy atom. The normalized spacial score (nSPS) is 33.7. The van der Waals surface area contributed by atoms with Crippen molar-refractivity contribution in [2.24, 2.45) is 17.8 Å². The van der Waals surface area contributed by atoms with Crippen molar-refractivity contribution >= 4 is 33.7 Å². The number of hydrogen-bond donors (Lipinski definition) is 2. The number of benzene rings is 1. The van der Waals surface area contributed by atoms with Crippen molar-refractivity contribution in [2.45, 2.75) is 63.1 Å². The van der Waals surface area contributed by atoms with Crippen molar-refractivity contribution in [3.8, 4) is 0 Å². The third-order valence-electron chi connectivity index (χ3n) is 8.64. The van der Waals surface area contributed by atoms with E-state index in [-0.39, 0.29) is 11.9 Å². The number of rotatable bonds is 5. The van der Waals surface area contributed by atoms with E-state index in [1.165, 1.54) is 5.69 Å². The molecular weight excluding hydrogens is 486 g/mol. The Hall–Kier alpha value is -1.80. The van der Waals surface area contributed by atoms with Gasteiger partial charge in [0.15, 0.2) is 0 Å². The van der Waals surface area contributed by atoms with Crippen LogP contribution in [0.15, 0.2) is 28.7 Å². The SMILES string of the molecule is CC(C)(C(=O)NC1C2CC3CC1CC(OC(=O)O)(C3)C2)N1CCN(c2ccc(Br)cc2)CC1. The van der Waals surface area contributed by atoms with E-state index in [1.54, 1.807) is 0 Å². The highest BCUT2D eigenvalue weighted by Crippen LogP contribution is 2.57. The Morgan fingerprint density at radius 3 is 2.24 bits per heavy atom. The minimum atomic E-state index is -1.17. The highest BCUT2D eigenvalue weighted by atomic mass is 79.9. The summed E-state index contributed by atoms with van der Waals surface area (Å²) in [6, 6.07) is 8.52. The molecule has 180 valence electrons. The highest BCUT2D eigenvalue weighted by Gasteiger charge is 2.58. The molecule has 1 heterocycles. The minimum Gasteiger partial charge on any atom is -0.450 e. The predicted molar refractivity (Wildman–Crippen MR) is 129 cm³/mol. The maximum atomic E-state index is 13.5. The van der Waals surface area contributed by atoms with Crippen LogP contribution in [0.25, 0.3) is 0 Å². The summed E-state index contributed by atoms with van der Waals surface area (Å²) < 4.78 is 6.48. The first-order valence-corrected chi connectivity index (χ1v) is 12.9. The number of carbonyl (C=O) groups excluding carboxylic acids is 1. The summed E-state index contributed by atoms with van der Waals surface area (Å²) in [6.07, 6.45) is 3.30. The molecule has 2 atom stereocenters. The van der Waals surface area contributed by atoms with E-state index in [4.69, 9.17) is 4.74 Å². The van der Waals surface area contributed by atoms with Gasteiger partial charge in [-0.3, -0.25) is 9.69 Å². The van der Waals surface area contributed by atoms with Crippen molar-refractivity contribution in [1.82, 2.24) is 10.2 Å². The zero-order chi connectivity index (χ0) is 23.4. The van der Waals surface area contributed by atoms with Crippen molar-refractivity contribution in [3.63, 3.8) is 0 Å². The quantitative estimate of drug-likeness (QED) is 0.569. The molecule has 6 rings (SSSR count). The lowest BCUT2D eigenvalue weighted by Gasteiger charge is -2.59. The van der Waals surface area contributed by atoms with Crippen molar-refractivity contribution in [3.05, 3.63) is 28.7 Å². The first-order valence-electron chi connectivity index (χ1n) is 12.1. The molecule has 1 saturated heterocycles. The average molecular weight is 520 g/mol. The van der Waals surface area contributed by atoms with Crippen LogP contribution in [0.5, 0.6) is 0 Å². The summed E-state index contributed by atoms with van der Waals surface area (Å²) in [4.78, 5) is 29.4. The summed E-state index contributed by atoms with van der Waals surface area (Å²) in [5.74, 6) is 1.23. The summed E-state index contributed by atoms with van der Waals surface area (Å²) in [5.41, 5.74) is 0.101. The lowest BCUT2D eigenvalue weighted by atomic mass is 9.52. The van der Waals surface area contributed by atoms with Gasteiger partial charge in [-0.1, -0.05) is 15.9 Å². The van der Waals surface area contributed by atoms with E-state index in [2.05, 4.69) is 55.3 Å². The second-order valence-corrected chi connectivity index (χ2v) is 11.9. The van der Waals surface area contributed by atoms with E-state index >= 15 is 0 Å². The summed E-state index contributed by atoms with van der Waals surface area (Å²) in [6.45, 7) is 7.52. The molecule has 5 aliphatic rings. The van der Waals surface area contributed by atoms with Gasteiger partial charge in [0, 0.05) is 42.4 Å². The molecule has 5 fully saturated rings. The van der Waals surface area contributed by atoms with Crippen LogP contribution in [0, 0.1) is 17.8 Å². The summed E-state index contributed by atoms with van der Waals surface area (Å²) in [5, 5.41) is 12.7. The van der Waals surface area contributed by atoms with E-state index in [0.29, 0.717) is 17.8 Å². The second-order valence-electron chi connectivity index (χ2n) is 11.0. The van der Waals surface area contributed by atoms with Crippen LogP contribution in [-0.2, 0) is 9.53 Å². The molecule has 7 nitrogen and oxygen atoms in total. The van der Waals surface area contributed by atoms with Crippen LogP contribution in [0.1, 0.15) is 46.0 Å². The molecule has 33 heavy (non-hydrogen) atoms. The maximum absolute atomic E-state index is 13.5. The van der Waals surface area contributed by atoms with E-state index in [1.807, 2.05) is 13.8 Å². The van der Waals surface area contributed by atoms with Gasteiger partial charge in [-0.05, 0) is 88.0 Å². The Bertz CT molecular complexity index is 897. The molecule has 1 amide bonds. The van der Waals surface area contributed by atoms with Crippen LogP contribution in [0.4, 0.5) is 10.5 Å². The number of anilines is 1. The van der Waals surface area contributed by atoms with Crippen molar-refractivity contribution < 1.29 is 19.4 Å². The molecule has 4 saturated carbocycles. The first kappa shape index (κ1) is 23.0. The van der Waals surface area contributed by atoms with Gasteiger partial charge in [0.25, 0.3) is 0 Å². The van der Waals surface area contributed by atoms with Crippen LogP contribution in [-0.4, -0.2) is 65.4 Å². The second kappa shape index (κ2) is 8.45. The molecular formula is C25H34BrN3O4. The molecule has 1 aliphatic heterocycles. The lowest BCUT2D eigenvalue weighted by molar-refractivity contribution is -0.157. The van der Waals surface area contributed by atoms with Gasteiger partial charge in [0.2, 0.25) is 5.91 Å². The van der Waals surface area contributed by atoms with Gasteiger partial charge in [0.05, 0.1) is 5.54 Å². The van der Waals surface area contributed by atoms with Gasteiger partial charge in [-0.2, -0.15) is 0 Å². The number of hydrogen-bond acceptors (Lipinski definition) is 5. The van der Waals surface area contributed by atoms with Gasteiger partial charge in [-0.15, -0.1) is 0 Å². The smallest absolute Gasteiger partial charge is 0.450 e. The van der Waals surface area contributed by atoms with Gasteiger partial charge < -0.3 is 20.1 Å². The van der Waals surface area contributed by atoms with Crippen molar-refractivity contribution in [1.29, 1.82) is 0 Å². The molecule has 2 N–H and O–H groups in total. The molecule has 8 heteroatoms. The first-order chi connectivity index (χ1) is 15.6. The van der Waals surface area contributed by atoms with E-state index in [0.717, 1.165) is 62.8 Å². The minimum absolute atomic E-state index is 0.0882. The third kappa shape index (κ3) is 4.36. The maximum Gasteiger partial charge on any atom is 0.506 e. The lowest BCUT2D eigenvalue weighted by Crippen LogP contribution is -2.66. The number of nitrogens with one attached hydrogen (secondary N) is 1. The van der Waals surface area contributed by atoms with Crippen LogP contribution < -0.4 is 10.2 Å². The zero-order valence-corrected chi connectivity index (χ0v) is 21.0. The van der Waals surface area contributed by atoms with Gasteiger partial charge in [0.1, 0.15) is 5.60 Å². The number of piperazine rings is 1. The fourth-order valence-corrected chi connectivity index (χ4v) is 7.41. The highest BCUT2D eigenvalue weighted by molar-refractivity contribution is 9.10. The number of nitrogens with zero attached hydrogens (tertiary/aromatic N) is 2. The standard InChI is InChI=1S/C25H34BrN3O4/c1-24(2,29-9-7-28(8-10-29)20-5-3-19(26)4-6-20)22(30)27-21-17-11-16-12-18(21)15-25(13-16,14-17)33-23(31)32/h3-6,16-18,21H,7-15H2,1-2H3,(H,27,30)(H,31,32).